The van der Waals surface area contributed by atoms with E-state index >= 15 is 0 Å². The first-order valence-corrected chi connectivity index (χ1v) is 11.2. The van der Waals surface area contributed by atoms with Crippen molar-refractivity contribution in [2.45, 2.75) is 38.8 Å². The number of likely N-dealkylation sites (tertiary alicyclic amines) is 1. The largest absolute Gasteiger partial charge is 0.341 e. The zero-order chi connectivity index (χ0) is 21.5. The van der Waals surface area contributed by atoms with E-state index in [1.807, 2.05) is 15.9 Å². The van der Waals surface area contributed by atoms with Gasteiger partial charge in [0, 0.05) is 52.2 Å². The number of hydrogen-bond acceptors (Lipinski definition) is 6. The Hall–Kier alpha value is -2.81. The average Bonchev–Trinajstić information content (AvgIpc) is 3.32. The molecule has 166 valence electrons. The topological polar surface area (TPSA) is 87.5 Å². The van der Waals surface area contributed by atoms with E-state index in [1.54, 1.807) is 0 Å². The maximum absolute atomic E-state index is 12.7. The van der Waals surface area contributed by atoms with E-state index in [1.165, 1.54) is 16.6 Å². The lowest BCUT2D eigenvalue weighted by molar-refractivity contribution is -0.134. The molecule has 1 atom stereocenters. The number of benzene rings is 1. The van der Waals surface area contributed by atoms with Crippen LogP contribution in [0.15, 0.2) is 36.7 Å². The Kier molecular flexibility index (Phi) is 7.24. The molecule has 2 fully saturated rings. The van der Waals surface area contributed by atoms with Crippen LogP contribution in [0.25, 0.3) is 0 Å². The Bertz CT molecular complexity index is 835. The van der Waals surface area contributed by atoms with Gasteiger partial charge in [-0.3, -0.25) is 14.5 Å². The van der Waals surface area contributed by atoms with Crippen molar-refractivity contribution in [2.75, 3.05) is 39.3 Å². The molecule has 3 heterocycles. The molecule has 1 aromatic carbocycles. The Balaban J connectivity index is 1.17. The van der Waals surface area contributed by atoms with E-state index in [-0.39, 0.29) is 18.4 Å². The van der Waals surface area contributed by atoms with Crippen molar-refractivity contribution in [1.29, 1.82) is 0 Å². The van der Waals surface area contributed by atoms with Crippen molar-refractivity contribution in [2.24, 2.45) is 5.92 Å². The van der Waals surface area contributed by atoms with Crippen molar-refractivity contribution >= 4 is 11.8 Å². The summed E-state index contributed by atoms with van der Waals surface area (Å²) in [5.41, 5.74) is 1.32. The maximum atomic E-state index is 12.7. The van der Waals surface area contributed by atoms with Gasteiger partial charge >= 0.3 is 0 Å². The summed E-state index contributed by atoms with van der Waals surface area (Å²) < 4.78 is 1.45. The number of carbonyl (C=O) groups excluding carboxylic acids is 2. The minimum Gasteiger partial charge on any atom is -0.341 e. The fraction of sp³-hybridized carbons (Fsp3) is 0.591. The third kappa shape index (κ3) is 6.10. The van der Waals surface area contributed by atoms with Gasteiger partial charge in [-0.25, -0.2) is 4.68 Å². The molecule has 2 aliphatic rings. The summed E-state index contributed by atoms with van der Waals surface area (Å²) in [4.78, 5) is 31.5. The summed E-state index contributed by atoms with van der Waals surface area (Å²) in [5.74, 6) is 0.671. The summed E-state index contributed by atoms with van der Waals surface area (Å²) in [7, 11) is 0. The summed E-state index contributed by atoms with van der Waals surface area (Å²) in [6.45, 7) is 6.05. The van der Waals surface area contributed by atoms with Crippen LogP contribution in [0.4, 0.5) is 0 Å². The van der Waals surface area contributed by atoms with Crippen molar-refractivity contribution in [1.82, 2.24) is 34.9 Å². The lowest BCUT2D eigenvalue weighted by Gasteiger charge is -2.36. The molecule has 2 saturated heterocycles. The van der Waals surface area contributed by atoms with E-state index in [9.17, 15) is 9.59 Å². The van der Waals surface area contributed by atoms with E-state index in [0.29, 0.717) is 12.3 Å². The fourth-order valence-corrected chi connectivity index (χ4v) is 4.50. The molecule has 9 nitrogen and oxygen atoms in total. The number of hydrogen-bond donors (Lipinski definition) is 0. The molecule has 0 aliphatic carbocycles. The molecule has 0 radical (unpaired) electrons. The highest BCUT2D eigenvalue weighted by molar-refractivity contribution is 5.77. The lowest BCUT2D eigenvalue weighted by Crippen LogP contribution is -2.48. The van der Waals surface area contributed by atoms with Gasteiger partial charge in [0.25, 0.3) is 0 Å². The third-order valence-electron chi connectivity index (χ3n) is 6.30. The first kappa shape index (κ1) is 21.4. The van der Waals surface area contributed by atoms with Crippen LogP contribution in [-0.4, -0.2) is 86.0 Å². The van der Waals surface area contributed by atoms with E-state index < -0.39 is 0 Å². The van der Waals surface area contributed by atoms with E-state index in [2.05, 4.69) is 44.7 Å². The molecule has 2 aliphatic heterocycles. The number of amides is 2. The second-order valence-corrected chi connectivity index (χ2v) is 8.54. The summed E-state index contributed by atoms with van der Waals surface area (Å²) in [5, 5.41) is 10.9. The predicted octanol–water partition coefficient (Wildman–Crippen LogP) is 1.04. The van der Waals surface area contributed by atoms with Gasteiger partial charge in [-0.2, -0.15) is 0 Å². The predicted molar refractivity (Wildman–Crippen MR) is 115 cm³/mol. The number of piperidine rings is 1. The first-order valence-electron chi connectivity index (χ1n) is 11.2. The lowest BCUT2D eigenvalue weighted by atomic mass is 9.93. The first-order chi connectivity index (χ1) is 15.2. The van der Waals surface area contributed by atoms with Crippen LogP contribution in [0.1, 0.15) is 31.2 Å². The highest BCUT2D eigenvalue weighted by atomic mass is 16.2. The quantitative estimate of drug-likeness (QED) is 0.659. The molecule has 0 spiro atoms. The highest BCUT2D eigenvalue weighted by Gasteiger charge is 2.26. The second-order valence-electron chi connectivity index (χ2n) is 8.54. The molecule has 2 aromatic rings. The van der Waals surface area contributed by atoms with Gasteiger partial charge in [0.05, 0.1) is 0 Å². The Morgan fingerprint density at radius 2 is 1.77 bits per heavy atom. The zero-order valence-electron chi connectivity index (χ0n) is 18.0. The standard InChI is InChI=1S/C22H31N7O2/c30-21(27-13-11-26(12-14-27)15-19-5-2-1-3-6-19)9-8-20-7-4-10-28(16-20)22(31)17-29-18-23-24-25-29/h1-3,5-6,18,20H,4,7-17H2. The third-order valence-corrected chi connectivity index (χ3v) is 6.30. The van der Waals surface area contributed by atoms with Crippen molar-refractivity contribution in [3.05, 3.63) is 42.2 Å². The fourth-order valence-electron chi connectivity index (χ4n) is 4.50. The van der Waals surface area contributed by atoms with Crippen molar-refractivity contribution < 1.29 is 9.59 Å². The summed E-state index contributed by atoms with van der Waals surface area (Å²) in [6.07, 6.45) is 4.93. The van der Waals surface area contributed by atoms with Crippen LogP contribution in [0, 0.1) is 5.92 Å². The number of nitrogens with zero attached hydrogens (tertiary/aromatic N) is 7. The second kappa shape index (κ2) is 10.5. The van der Waals surface area contributed by atoms with Gasteiger partial charge in [0.2, 0.25) is 11.8 Å². The monoisotopic (exact) mass is 425 g/mol. The highest BCUT2D eigenvalue weighted by Crippen LogP contribution is 2.22. The number of carbonyl (C=O) groups is 2. The van der Waals surface area contributed by atoms with Gasteiger partial charge in [0.15, 0.2) is 0 Å². The van der Waals surface area contributed by atoms with Crippen LogP contribution < -0.4 is 0 Å². The normalized spacial score (nSPS) is 20.1. The smallest absolute Gasteiger partial charge is 0.244 e. The van der Waals surface area contributed by atoms with Gasteiger partial charge < -0.3 is 9.80 Å². The minimum atomic E-state index is 0.0397. The van der Waals surface area contributed by atoms with Gasteiger partial charge in [-0.15, -0.1) is 5.10 Å². The number of aromatic nitrogens is 4. The Labute approximate surface area is 183 Å². The van der Waals surface area contributed by atoms with Crippen molar-refractivity contribution in [3.8, 4) is 0 Å². The number of piperazine rings is 1. The zero-order valence-corrected chi connectivity index (χ0v) is 18.0. The van der Waals surface area contributed by atoms with Crippen molar-refractivity contribution in [3.63, 3.8) is 0 Å². The minimum absolute atomic E-state index is 0.0397. The van der Waals surface area contributed by atoms with Crippen LogP contribution in [-0.2, 0) is 22.7 Å². The SMILES string of the molecule is O=C(CCC1CCCN(C(=O)Cn2cnnn2)C1)N1CCN(Cc2ccccc2)CC1. The molecular formula is C22H31N7O2. The molecule has 31 heavy (non-hydrogen) atoms. The number of rotatable bonds is 7. The van der Waals surface area contributed by atoms with E-state index in [0.717, 1.165) is 65.1 Å². The average molecular weight is 426 g/mol. The molecule has 1 aromatic heterocycles. The van der Waals surface area contributed by atoms with Crippen LogP contribution in [0.5, 0.6) is 0 Å². The molecule has 9 heteroatoms. The maximum Gasteiger partial charge on any atom is 0.244 e. The molecule has 0 bridgehead atoms. The molecule has 4 rings (SSSR count). The Morgan fingerprint density at radius 1 is 0.968 bits per heavy atom. The number of tetrazole rings is 1. The van der Waals surface area contributed by atoms with Crippen LogP contribution >= 0.6 is 0 Å². The van der Waals surface area contributed by atoms with Gasteiger partial charge in [-0.05, 0) is 41.2 Å². The van der Waals surface area contributed by atoms with Crippen LogP contribution in [0.3, 0.4) is 0 Å². The molecular weight excluding hydrogens is 394 g/mol. The Morgan fingerprint density at radius 3 is 2.52 bits per heavy atom. The molecule has 1 unspecified atom stereocenters. The van der Waals surface area contributed by atoms with Gasteiger partial charge in [0.1, 0.15) is 12.9 Å². The molecule has 2 amide bonds. The molecule has 0 saturated carbocycles. The molecule has 0 N–H and O–H groups in total. The van der Waals surface area contributed by atoms with Crippen LogP contribution in [0.2, 0.25) is 0 Å². The summed E-state index contributed by atoms with van der Waals surface area (Å²) >= 11 is 0. The summed E-state index contributed by atoms with van der Waals surface area (Å²) in [6, 6.07) is 10.5. The van der Waals surface area contributed by atoms with E-state index in [4.69, 9.17) is 0 Å². The van der Waals surface area contributed by atoms with Gasteiger partial charge in [-0.1, -0.05) is 30.3 Å².